The summed E-state index contributed by atoms with van der Waals surface area (Å²) in [6.07, 6.45) is 2.30. The molecule has 2 aromatic carbocycles. The molecule has 0 bridgehead atoms. The van der Waals surface area contributed by atoms with Gasteiger partial charge in [-0.25, -0.2) is 0 Å². The molecule has 1 fully saturated rings. The lowest BCUT2D eigenvalue weighted by Gasteiger charge is -2.48. The Labute approximate surface area is 143 Å². The highest BCUT2D eigenvalue weighted by molar-refractivity contribution is 5.44. The van der Waals surface area contributed by atoms with Crippen molar-refractivity contribution in [1.82, 2.24) is 0 Å². The third kappa shape index (κ3) is 2.57. The summed E-state index contributed by atoms with van der Waals surface area (Å²) in [4.78, 5) is 0. The number of rotatable bonds is 2. The van der Waals surface area contributed by atoms with Gasteiger partial charge in [0, 0.05) is 11.5 Å². The monoisotopic (exact) mass is 324 g/mol. The smallest absolute Gasteiger partial charge is 0.126 e. The van der Waals surface area contributed by atoms with E-state index in [1.54, 1.807) is 7.11 Å². The van der Waals surface area contributed by atoms with Crippen molar-refractivity contribution in [3.8, 4) is 11.5 Å². The molecule has 0 amide bonds. The Morgan fingerprint density at radius 2 is 1.83 bits per heavy atom. The van der Waals surface area contributed by atoms with Crippen LogP contribution in [0.4, 0.5) is 0 Å². The van der Waals surface area contributed by atoms with Crippen LogP contribution in [0.5, 0.6) is 11.5 Å². The maximum atomic E-state index is 6.60. The summed E-state index contributed by atoms with van der Waals surface area (Å²) in [5.41, 5.74) is 2.14. The van der Waals surface area contributed by atoms with Gasteiger partial charge < -0.3 is 14.2 Å². The molecule has 2 aliphatic heterocycles. The first kappa shape index (κ1) is 15.5. The summed E-state index contributed by atoms with van der Waals surface area (Å²) in [5.74, 6) is 2.11. The molecule has 0 unspecified atom stereocenters. The van der Waals surface area contributed by atoms with Gasteiger partial charge >= 0.3 is 0 Å². The number of fused-ring (bicyclic) bond motifs is 3. The highest BCUT2D eigenvalue weighted by Crippen LogP contribution is 2.53. The second kappa shape index (κ2) is 5.82. The average Bonchev–Trinajstić information content (AvgIpc) is 2.61. The summed E-state index contributed by atoms with van der Waals surface area (Å²) in [6, 6.07) is 16.5. The number of benzene rings is 2. The third-order valence-corrected chi connectivity index (χ3v) is 5.38. The number of methoxy groups -OCH3 is 1. The van der Waals surface area contributed by atoms with Crippen molar-refractivity contribution in [2.24, 2.45) is 5.92 Å². The number of hydrogen-bond donors (Lipinski definition) is 0. The van der Waals surface area contributed by atoms with E-state index in [4.69, 9.17) is 14.2 Å². The summed E-state index contributed by atoms with van der Waals surface area (Å²) in [7, 11) is 1.70. The Morgan fingerprint density at radius 1 is 1.04 bits per heavy atom. The van der Waals surface area contributed by atoms with Crippen LogP contribution >= 0.6 is 0 Å². The molecule has 1 saturated heterocycles. The van der Waals surface area contributed by atoms with Crippen molar-refractivity contribution in [2.45, 2.75) is 44.5 Å². The van der Waals surface area contributed by atoms with Crippen molar-refractivity contribution < 1.29 is 14.2 Å². The van der Waals surface area contributed by atoms with E-state index in [1.807, 2.05) is 18.2 Å². The van der Waals surface area contributed by atoms with Crippen LogP contribution in [0.2, 0.25) is 0 Å². The van der Waals surface area contributed by atoms with Crippen molar-refractivity contribution in [2.75, 3.05) is 7.11 Å². The molecule has 0 radical (unpaired) electrons. The molecular formula is C21H24O3. The molecule has 0 aliphatic carbocycles. The molecule has 2 aliphatic rings. The lowest BCUT2D eigenvalue weighted by atomic mass is 9.74. The Kier molecular flexibility index (Phi) is 3.76. The Morgan fingerprint density at radius 3 is 2.58 bits per heavy atom. The minimum Gasteiger partial charge on any atom is -0.497 e. The maximum absolute atomic E-state index is 6.60. The van der Waals surface area contributed by atoms with Crippen LogP contribution in [0.25, 0.3) is 0 Å². The van der Waals surface area contributed by atoms with E-state index < -0.39 is 0 Å². The molecule has 0 N–H and O–H groups in total. The van der Waals surface area contributed by atoms with Gasteiger partial charge in [-0.2, -0.15) is 0 Å². The second-order valence-electron chi connectivity index (χ2n) is 7.25. The molecule has 2 aromatic rings. The molecule has 2 heterocycles. The van der Waals surface area contributed by atoms with Gasteiger partial charge in [0.1, 0.15) is 17.1 Å². The van der Waals surface area contributed by atoms with E-state index >= 15 is 0 Å². The molecular weight excluding hydrogens is 300 g/mol. The molecule has 3 heteroatoms. The highest BCUT2D eigenvalue weighted by atomic mass is 16.5. The van der Waals surface area contributed by atoms with E-state index in [2.05, 4.69) is 44.2 Å². The van der Waals surface area contributed by atoms with Crippen LogP contribution in [0.3, 0.4) is 0 Å². The van der Waals surface area contributed by atoms with Crippen LogP contribution < -0.4 is 9.47 Å². The number of hydrogen-bond acceptors (Lipinski definition) is 3. The lowest BCUT2D eigenvalue weighted by Crippen LogP contribution is -2.47. The molecule has 0 spiro atoms. The molecule has 126 valence electrons. The SMILES string of the molecule is COc1ccc2c(c1)[C@H]1O[C@@H](c3ccccc3)CC[C@@H]1C(C)(C)O2. The van der Waals surface area contributed by atoms with Gasteiger partial charge in [-0.3, -0.25) is 0 Å². The minimum atomic E-state index is -0.228. The summed E-state index contributed by atoms with van der Waals surface area (Å²) >= 11 is 0. The maximum Gasteiger partial charge on any atom is 0.126 e. The zero-order chi connectivity index (χ0) is 16.7. The van der Waals surface area contributed by atoms with Crippen molar-refractivity contribution in [3.63, 3.8) is 0 Å². The van der Waals surface area contributed by atoms with Crippen LogP contribution in [0.15, 0.2) is 48.5 Å². The Bertz CT molecular complexity index is 723. The molecule has 4 rings (SSSR count). The Balaban J connectivity index is 1.72. The lowest BCUT2D eigenvalue weighted by molar-refractivity contribution is -0.151. The van der Waals surface area contributed by atoms with Crippen molar-refractivity contribution in [3.05, 3.63) is 59.7 Å². The Hall–Kier alpha value is -2.00. The van der Waals surface area contributed by atoms with Crippen LogP contribution in [0.1, 0.15) is 50.0 Å². The predicted molar refractivity (Wildman–Crippen MR) is 93.4 cm³/mol. The van der Waals surface area contributed by atoms with Crippen LogP contribution in [0, 0.1) is 5.92 Å². The molecule has 3 nitrogen and oxygen atoms in total. The molecule has 0 aromatic heterocycles. The van der Waals surface area contributed by atoms with Crippen LogP contribution in [-0.4, -0.2) is 12.7 Å². The third-order valence-electron chi connectivity index (χ3n) is 5.38. The van der Waals surface area contributed by atoms with Gasteiger partial charge in [0.15, 0.2) is 0 Å². The minimum absolute atomic E-state index is 0.0396. The standard InChI is InChI=1S/C21H24O3/c1-21(2)17-10-12-18(14-7-5-4-6-8-14)23-20(17)16-13-15(22-3)9-11-19(16)24-21/h4-9,11,13,17-18,20H,10,12H2,1-3H3/t17-,18+,20+/m0/s1. The molecule has 0 saturated carbocycles. The van der Waals surface area contributed by atoms with Gasteiger partial charge in [0.25, 0.3) is 0 Å². The van der Waals surface area contributed by atoms with Gasteiger partial charge in [-0.15, -0.1) is 0 Å². The van der Waals surface area contributed by atoms with Gasteiger partial charge in [0.05, 0.1) is 19.3 Å². The first-order chi connectivity index (χ1) is 11.6. The van der Waals surface area contributed by atoms with Gasteiger partial charge in [0.2, 0.25) is 0 Å². The summed E-state index contributed by atoms with van der Waals surface area (Å²) < 4.78 is 18.3. The van der Waals surface area contributed by atoms with E-state index in [1.165, 1.54) is 5.56 Å². The number of ether oxygens (including phenoxy) is 3. The predicted octanol–water partition coefficient (Wildman–Crippen LogP) is 5.08. The van der Waals surface area contributed by atoms with Gasteiger partial charge in [-0.1, -0.05) is 30.3 Å². The molecule has 3 atom stereocenters. The quantitative estimate of drug-likeness (QED) is 0.771. The largest absolute Gasteiger partial charge is 0.497 e. The zero-order valence-corrected chi connectivity index (χ0v) is 14.5. The van der Waals surface area contributed by atoms with E-state index in [-0.39, 0.29) is 17.8 Å². The fourth-order valence-electron chi connectivity index (χ4n) is 4.07. The topological polar surface area (TPSA) is 27.7 Å². The van der Waals surface area contributed by atoms with E-state index in [0.29, 0.717) is 5.92 Å². The first-order valence-electron chi connectivity index (χ1n) is 8.66. The average molecular weight is 324 g/mol. The van der Waals surface area contributed by atoms with E-state index in [9.17, 15) is 0 Å². The molecule has 24 heavy (non-hydrogen) atoms. The normalized spacial score (nSPS) is 27.5. The van der Waals surface area contributed by atoms with Crippen LogP contribution in [-0.2, 0) is 4.74 Å². The summed E-state index contributed by atoms with van der Waals surface area (Å²) in [6.45, 7) is 4.34. The summed E-state index contributed by atoms with van der Waals surface area (Å²) in [5, 5.41) is 0. The fraction of sp³-hybridized carbons (Fsp3) is 0.429. The highest BCUT2D eigenvalue weighted by Gasteiger charge is 2.47. The fourth-order valence-corrected chi connectivity index (χ4v) is 4.07. The van der Waals surface area contributed by atoms with Gasteiger partial charge in [-0.05, 0) is 50.5 Å². The van der Waals surface area contributed by atoms with E-state index in [0.717, 1.165) is 29.9 Å². The zero-order valence-electron chi connectivity index (χ0n) is 14.5. The second-order valence-corrected chi connectivity index (χ2v) is 7.25. The van der Waals surface area contributed by atoms with Crippen molar-refractivity contribution in [1.29, 1.82) is 0 Å². The first-order valence-corrected chi connectivity index (χ1v) is 8.66. The van der Waals surface area contributed by atoms with Crippen molar-refractivity contribution >= 4 is 0 Å².